The summed E-state index contributed by atoms with van der Waals surface area (Å²) in [5.41, 5.74) is -6.26. The predicted octanol–water partition coefficient (Wildman–Crippen LogP) is 6.03. The smallest absolute Gasteiger partial charge is 0.426 e. The third-order valence-electron chi connectivity index (χ3n) is 9.01. The Labute approximate surface area is 227 Å². The van der Waals surface area contributed by atoms with Crippen molar-refractivity contribution in [1.82, 2.24) is 4.90 Å². The van der Waals surface area contributed by atoms with Gasteiger partial charge in [-0.1, -0.05) is 24.3 Å². The Balaban J connectivity index is 1.52. The molecule has 2 fully saturated rings. The summed E-state index contributed by atoms with van der Waals surface area (Å²) < 4.78 is 90.5. The van der Waals surface area contributed by atoms with E-state index in [1.54, 1.807) is 12.1 Å². The number of carboxylic acids is 1. The minimum atomic E-state index is -5.16. The molecule has 2 heterocycles. The summed E-state index contributed by atoms with van der Waals surface area (Å²) in [6.45, 7) is 0.406. The first-order valence-electron chi connectivity index (χ1n) is 13.2. The minimum Gasteiger partial charge on any atom is -0.491 e. The largest absolute Gasteiger partial charge is 0.491 e. The van der Waals surface area contributed by atoms with Gasteiger partial charge < -0.3 is 14.7 Å². The third-order valence-corrected chi connectivity index (χ3v) is 9.01. The van der Waals surface area contributed by atoms with Crippen molar-refractivity contribution in [2.75, 3.05) is 13.2 Å². The van der Waals surface area contributed by atoms with Crippen LogP contribution >= 0.6 is 0 Å². The van der Waals surface area contributed by atoms with Crippen molar-refractivity contribution in [3.05, 3.63) is 65.0 Å². The number of hydrogen-bond acceptors (Lipinski definition) is 3. The summed E-state index contributed by atoms with van der Waals surface area (Å²) in [4.78, 5) is 26.4. The van der Waals surface area contributed by atoms with Gasteiger partial charge >= 0.3 is 12.1 Å². The number of hydrogen-bond donors (Lipinski definition) is 1. The molecule has 5 nitrogen and oxygen atoms in total. The molecule has 1 saturated carbocycles. The third kappa shape index (κ3) is 4.60. The van der Waals surface area contributed by atoms with E-state index in [-0.39, 0.29) is 51.0 Å². The first-order chi connectivity index (χ1) is 18.7. The van der Waals surface area contributed by atoms with Crippen LogP contribution in [0.15, 0.2) is 42.5 Å². The molecule has 1 aliphatic carbocycles. The number of aliphatic carboxylic acids is 1. The molecule has 11 heteroatoms. The van der Waals surface area contributed by atoms with Crippen molar-refractivity contribution < 1.29 is 45.8 Å². The highest BCUT2D eigenvalue weighted by Gasteiger charge is 2.58. The van der Waals surface area contributed by atoms with Crippen LogP contribution in [-0.4, -0.2) is 52.9 Å². The molecule has 3 unspecified atom stereocenters. The van der Waals surface area contributed by atoms with Crippen molar-refractivity contribution in [1.29, 1.82) is 0 Å². The fourth-order valence-electron chi connectivity index (χ4n) is 6.49. The molecule has 1 saturated heterocycles. The Morgan fingerprint density at radius 2 is 1.70 bits per heavy atom. The molecule has 216 valence electrons. The lowest BCUT2D eigenvalue weighted by Gasteiger charge is -2.45. The first-order valence-corrected chi connectivity index (χ1v) is 13.2. The molecule has 1 amide bonds. The van der Waals surface area contributed by atoms with Gasteiger partial charge in [0, 0.05) is 23.1 Å². The zero-order chi connectivity index (χ0) is 29.1. The predicted molar refractivity (Wildman–Crippen MR) is 132 cm³/mol. The van der Waals surface area contributed by atoms with E-state index in [1.165, 1.54) is 23.1 Å². The maximum absolute atomic E-state index is 16.0. The van der Waals surface area contributed by atoms with Gasteiger partial charge in [-0.15, -0.1) is 0 Å². The van der Waals surface area contributed by atoms with Gasteiger partial charge in [0.15, 0.2) is 5.67 Å². The fraction of sp³-hybridized carbons (Fsp3) is 0.517. The van der Waals surface area contributed by atoms with Gasteiger partial charge in [-0.05, 0) is 69.2 Å². The number of benzene rings is 2. The van der Waals surface area contributed by atoms with Crippen LogP contribution in [0.4, 0.5) is 26.3 Å². The number of carboxylic acid groups (broad SMARTS) is 1. The molecule has 3 aliphatic rings. The Bertz CT molecular complexity index is 1300. The molecule has 1 N–H and O–H groups in total. The van der Waals surface area contributed by atoms with E-state index in [0.29, 0.717) is 24.5 Å². The molecule has 2 aromatic carbocycles. The van der Waals surface area contributed by atoms with E-state index >= 15 is 4.39 Å². The molecular weight excluding hydrogens is 540 g/mol. The van der Waals surface area contributed by atoms with E-state index in [9.17, 15) is 36.6 Å². The molecule has 2 aliphatic heterocycles. The van der Waals surface area contributed by atoms with Crippen molar-refractivity contribution in [3.8, 4) is 5.75 Å². The standard InChI is InChI=1S/C29H29F6NO4/c1-26(31,29(33,34)35)19-4-7-21-22(14-19)40-16-23-27(21,15-17-2-5-20(30)6-3-17)12-13-36(23)25(39)28(32)10-8-18(9-11-28)24(37)38/h2-7,14,18,23H,8-13,15-16H2,1H3,(H,37,38)/t18-,23?,26?,27?,28+. The SMILES string of the molecule is CC(F)(c1ccc2c(c1)OCC1N(C(=O)[C@]3(F)CC[C@@H](C(=O)O)CC3)CCC21Cc1ccc(F)cc1)C(F)(F)F. The normalized spacial score (nSPS) is 29.6. The molecule has 0 spiro atoms. The molecule has 0 bridgehead atoms. The average Bonchev–Trinajstić information content (AvgIpc) is 3.28. The van der Waals surface area contributed by atoms with Gasteiger partial charge in [0.05, 0.1) is 12.0 Å². The van der Waals surface area contributed by atoms with Gasteiger partial charge in [0.2, 0.25) is 5.67 Å². The van der Waals surface area contributed by atoms with Crippen LogP contribution in [0.25, 0.3) is 0 Å². The second-order valence-electron chi connectivity index (χ2n) is 11.3. The number of alkyl halides is 5. The van der Waals surface area contributed by atoms with Crippen LogP contribution in [0.2, 0.25) is 0 Å². The summed E-state index contributed by atoms with van der Waals surface area (Å²) in [5.74, 6) is -2.91. The summed E-state index contributed by atoms with van der Waals surface area (Å²) in [5, 5.41) is 9.27. The number of carbonyl (C=O) groups is 2. The highest BCUT2D eigenvalue weighted by molar-refractivity contribution is 5.86. The second-order valence-corrected chi connectivity index (χ2v) is 11.3. The highest BCUT2D eigenvalue weighted by Crippen LogP contribution is 2.52. The quantitative estimate of drug-likeness (QED) is 0.447. The lowest BCUT2D eigenvalue weighted by atomic mass is 9.68. The van der Waals surface area contributed by atoms with E-state index in [4.69, 9.17) is 4.74 Å². The number of fused-ring (bicyclic) bond motifs is 3. The summed E-state index contributed by atoms with van der Waals surface area (Å²) in [6.07, 6.45) is -4.99. The molecule has 2 aromatic rings. The van der Waals surface area contributed by atoms with Gasteiger partial charge in [-0.25, -0.2) is 13.2 Å². The number of ether oxygens (including phenoxy) is 1. The fourth-order valence-corrected chi connectivity index (χ4v) is 6.49. The zero-order valence-corrected chi connectivity index (χ0v) is 21.7. The van der Waals surface area contributed by atoms with Crippen LogP contribution in [0.1, 0.15) is 55.7 Å². The topological polar surface area (TPSA) is 66.8 Å². The van der Waals surface area contributed by atoms with Crippen molar-refractivity contribution in [2.45, 2.75) is 74.4 Å². The molecule has 5 rings (SSSR count). The lowest BCUT2D eigenvalue weighted by molar-refractivity contribution is -0.228. The summed E-state index contributed by atoms with van der Waals surface area (Å²) >= 11 is 0. The Morgan fingerprint density at radius 1 is 1.05 bits per heavy atom. The number of likely N-dealkylation sites (tertiary alicyclic amines) is 1. The molecule has 3 atom stereocenters. The van der Waals surface area contributed by atoms with Crippen LogP contribution in [-0.2, 0) is 27.1 Å². The van der Waals surface area contributed by atoms with E-state index in [0.717, 1.165) is 12.1 Å². The molecule has 0 aromatic heterocycles. The minimum absolute atomic E-state index is 0.0279. The van der Waals surface area contributed by atoms with Crippen LogP contribution in [0.5, 0.6) is 5.75 Å². The highest BCUT2D eigenvalue weighted by atomic mass is 19.4. The number of nitrogens with zero attached hydrogens (tertiary/aromatic N) is 1. The van der Waals surface area contributed by atoms with Crippen LogP contribution in [0, 0.1) is 11.7 Å². The van der Waals surface area contributed by atoms with Gasteiger partial charge in [-0.2, -0.15) is 13.2 Å². The molecule has 40 heavy (non-hydrogen) atoms. The molecular formula is C29H29F6NO4. The van der Waals surface area contributed by atoms with Crippen LogP contribution < -0.4 is 4.74 Å². The Hall–Kier alpha value is -3.24. The number of halogens is 6. The Kier molecular flexibility index (Phi) is 6.86. The van der Waals surface area contributed by atoms with Crippen molar-refractivity contribution in [2.24, 2.45) is 5.92 Å². The van der Waals surface area contributed by atoms with Crippen molar-refractivity contribution in [3.63, 3.8) is 0 Å². The number of rotatable bonds is 5. The van der Waals surface area contributed by atoms with Crippen molar-refractivity contribution >= 4 is 11.9 Å². The second kappa shape index (κ2) is 9.69. The van der Waals surface area contributed by atoms with Crippen LogP contribution in [0.3, 0.4) is 0 Å². The maximum Gasteiger partial charge on any atom is 0.426 e. The summed E-state index contributed by atoms with van der Waals surface area (Å²) in [7, 11) is 0. The van der Waals surface area contributed by atoms with E-state index < -0.39 is 58.1 Å². The van der Waals surface area contributed by atoms with E-state index in [2.05, 4.69) is 0 Å². The number of amides is 1. The maximum atomic E-state index is 16.0. The zero-order valence-electron chi connectivity index (χ0n) is 21.7. The summed E-state index contributed by atoms with van der Waals surface area (Å²) in [6, 6.07) is 8.45. The van der Waals surface area contributed by atoms with Gasteiger partial charge in [0.25, 0.3) is 5.91 Å². The molecule has 0 radical (unpaired) electrons. The lowest BCUT2D eigenvalue weighted by Crippen LogP contribution is -2.57. The van der Waals surface area contributed by atoms with Gasteiger partial charge in [-0.3, -0.25) is 9.59 Å². The monoisotopic (exact) mass is 569 g/mol. The number of carbonyl (C=O) groups excluding carboxylic acids is 1. The van der Waals surface area contributed by atoms with Gasteiger partial charge in [0.1, 0.15) is 18.2 Å². The Morgan fingerprint density at radius 3 is 2.30 bits per heavy atom. The van der Waals surface area contributed by atoms with E-state index in [1.807, 2.05) is 0 Å². The first kappa shape index (κ1) is 28.3. The average molecular weight is 570 g/mol.